The minimum Gasteiger partial charge on any atom is -0.322 e. The van der Waals surface area contributed by atoms with E-state index >= 15 is 0 Å². The van der Waals surface area contributed by atoms with Gasteiger partial charge in [0.15, 0.2) is 5.78 Å². The van der Waals surface area contributed by atoms with Crippen LogP contribution in [0.25, 0.3) is 0 Å². The van der Waals surface area contributed by atoms with Crippen molar-refractivity contribution in [1.29, 1.82) is 0 Å². The number of rotatable bonds is 3. The molecule has 10 heavy (non-hydrogen) atoms. The highest BCUT2D eigenvalue weighted by molar-refractivity contribution is 5.88. The van der Waals surface area contributed by atoms with E-state index < -0.39 is 0 Å². The molecule has 0 spiro atoms. The highest BCUT2D eigenvalue weighted by atomic mass is 16.1. The van der Waals surface area contributed by atoms with Crippen LogP contribution in [0.2, 0.25) is 0 Å². The van der Waals surface area contributed by atoms with Crippen molar-refractivity contribution in [3.8, 4) is 0 Å². The quantitative estimate of drug-likeness (QED) is 0.647. The maximum Gasteiger partial charge on any atom is 0.154 e. The first-order chi connectivity index (χ1) is 4.41. The van der Waals surface area contributed by atoms with Gasteiger partial charge in [-0.1, -0.05) is 20.8 Å². The molecule has 0 saturated heterocycles. The van der Waals surface area contributed by atoms with Gasteiger partial charge in [-0.25, -0.2) is 0 Å². The molecule has 0 aromatic rings. The van der Waals surface area contributed by atoms with E-state index in [1.165, 1.54) is 0 Å². The molecule has 0 radical (unpaired) electrons. The summed E-state index contributed by atoms with van der Waals surface area (Å²) >= 11 is 0. The van der Waals surface area contributed by atoms with Gasteiger partial charge in [0.1, 0.15) is 0 Å². The van der Waals surface area contributed by atoms with Gasteiger partial charge in [-0.3, -0.25) is 4.79 Å². The molecule has 0 heterocycles. The molecular formula is C8H17NO. The van der Waals surface area contributed by atoms with E-state index in [1.807, 2.05) is 20.8 Å². The number of carbonyl (C=O) groups is 1. The summed E-state index contributed by atoms with van der Waals surface area (Å²) in [7, 11) is 0. The van der Waals surface area contributed by atoms with Crippen molar-refractivity contribution in [3.05, 3.63) is 0 Å². The fourth-order valence-corrected chi connectivity index (χ4v) is 0.791. The van der Waals surface area contributed by atoms with Gasteiger partial charge in [0.2, 0.25) is 0 Å². The summed E-state index contributed by atoms with van der Waals surface area (Å²) < 4.78 is 0. The van der Waals surface area contributed by atoms with Crippen molar-refractivity contribution < 1.29 is 4.79 Å². The summed E-state index contributed by atoms with van der Waals surface area (Å²) in [6, 6.07) is -0.324. The average molecular weight is 143 g/mol. The van der Waals surface area contributed by atoms with Gasteiger partial charge >= 0.3 is 0 Å². The number of hydrogen-bond acceptors (Lipinski definition) is 2. The number of nitrogens with two attached hydrogens (primary N) is 1. The van der Waals surface area contributed by atoms with Gasteiger partial charge in [0.25, 0.3) is 0 Å². The Bertz CT molecular complexity index is 127. The Kier molecular flexibility index (Phi) is 3.03. The van der Waals surface area contributed by atoms with Crippen LogP contribution in [-0.4, -0.2) is 11.8 Å². The molecule has 0 bridgehead atoms. The standard InChI is InChI=1S/C8H17NO/c1-5-8(3,4)7(10)6(2)9/h6H,5,9H2,1-4H3. The summed E-state index contributed by atoms with van der Waals surface area (Å²) in [6.45, 7) is 7.59. The Morgan fingerprint density at radius 1 is 1.60 bits per heavy atom. The van der Waals surface area contributed by atoms with Crippen molar-refractivity contribution >= 4 is 5.78 Å². The van der Waals surface area contributed by atoms with Crippen LogP contribution in [0.5, 0.6) is 0 Å². The number of ketones is 1. The van der Waals surface area contributed by atoms with Crippen molar-refractivity contribution in [1.82, 2.24) is 0 Å². The van der Waals surface area contributed by atoms with Crippen LogP contribution < -0.4 is 5.73 Å². The summed E-state index contributed by atoms with van der Waals surface area (Å²) in [5.41, 5.74) is 5.21. The Balaban J connectivity index is 4.19. The average Bonchev–Trinajstić information content (AvgIpc) is 1.86. The zero-order valence-corrected chi connectivity index (χ0v) is 7.27. The molecule has 0 rings (SSSR count). The van der Waals surface area contributed by atoms with Gasteiger partial charge < -0.3 is 5.73 Å². The third-order valence-electron chi connectivity index (χ3n) is 1.96. The van der Waals surface area contributed by atoms with Crippen molar-refractivity contribution in [2.75, 3.05) is 0 Å². The lowest BCUT2D eigenvalue weighted by molar-refractivity contribution is -0.128. The summed E-state index contributed by atoms with van der Waals surface area (Å²) in [4.78, 5) is 11.3. The summed E-state index contributed by atoms with van der Waals surface area (Å²) in [5, 5.41) is 0. The molecule has 0 aliphatic carbocycles. The summed E-state index contributed by atoms with van der Waals surface area (Å²) in [6.07, 6.45) is 0.855. The molecule has 0 saturated carbocycles. The van der Waals surface area contributed by atoms with Crippen LogP contribution in [0.3, 0.4) is 0 Å². The van der Waals surface area contributed by atoms with E-state index in [-0.39, 0.29) is 17.2 Å². The molecule has 0 aliphatic rings. The second-order valence-electron chi connectivity index (χ2n) is 3.39. The van der Waals surface area contributed by atoms with Gasteiger partial charge in [0, 0.05) is 5.41 Å². The maximum absolute atomic E-state index is 11.3. The third-order valence-corrected chi connectivity index (χ3v) is 1.96. The minimum atomic E-state index is -0.324. The fraction of sp³-hybridized carbons (Fsp3) is 0.875. The van der Waals surface area contributed by atoms with Crippen molar-refractivity contribution in [2.24, 2.45) is 11.1 Å². The third kappa shape index (κ3) is 2.10. The SMILES string of the molecule is CCC(C)(C)C(=O)C(C)N. The smallest absolute Gasteiger partial charge is 0.154 e. The fourth-order valence-electron chi connectivity index (χ4n) is 0.791. The molecule has 1 atom stereocenters. The topological polar surface area (TPSA) is 43.1 Å². The molecule has 60 valence electrons. The van der Waals surface area contributed by atoms with Crippen LogP contribution in [-0.2, 0) is 4.79 Å². The van der Waals surface area contributed by atoms with Crippen LogP contribution in [0.1, 0.15) is 34.1 Å². The first-order valence-corrected chi connectivity index (χ1v) is 3.71. The predicted molar refractivity (Wildman–Crippen MR) is 42.7 cm³/mol. The Morgan fingerprint density at radius 3 is 2.10 bits per heavy atom. The van der Waals surface area contributed by atoms with E-state index in [1.54, 1.807) is 6.92 Å². The number of Topliss-reactive ketones (excluding diaryl/α,β-unsaturated/α-hetero) is 1. The molecule has 0 aromatic carbocycles. The van der Waals surface area contributed by atoms with Crippen LogP contribution in [0, 0.1) is 5.41 Å². The zero-order chi connectivity index (χ0) is 8.36. The normalized spacial score (nSPS) is 14.9. The molecule has 2 nitrogen and oxygen atoms in total. The lowest BCUT2D eigenvalue weighted by atomic mass is 9.82. The molecule has 1 unspecified atom stereocenters. The monoisotopic (exact) mass is 143 g/mol. The predicted octanol–water partition coefficient (Wildman–Crippen LogP) is 1.34. The Labute approximate surface area is 62.8 Å². The number of hydrogen-bond donors (Lipinski definition) is 1. The Hall–Kier alpha value is -0.370. The molecule has 2 N–H and O–H groups in total. The van der Waals surface area contributed by atoms with Gasteiger partial charge in [-0.2, -0.15) is 0 Å². The van der Waals surface area contributed by atoms with E-state index in [2.05, 4.69) is 0 Å². The largest absolute Gasteiger partial charge is 0.322 e. The van der Waals surface area contributed by atoms with E-state index in [0.717, 1.165) is 6.42 Å². The molecule has 0 amide bonds. The Morgan fingerprint density at radius 2 is 2.00 bits per heavy atom. The second kappa shape index (κ2) is 3.15. The van der Waals surface area contributed by atoms with Crippen LogP contribution >= 0.6 is 0 Å². The first-order valence-electron chi connectivity index (χ1n) is 3.71. The molecule has 2 heteroatoms. The molecule has 0 aliphatic heterocycles. The molecule has 0 fully saturated rings. The molecular weight excluding hydrogens is 126 g/mol. The van der Waals surface area contributed by atoms with E-state index in [9.17, 15) is 4.79 Å². The zero-order valence-electron chi connectivity index (χ0n) is 7.27. The number of carbonyl (C=O) groups excluding carboxylic acids is 1. The summed E-state index contributed by atoms with van der Waals surface area (Å²) in [5.74, 6) is 0.148. The first kappa shape index (κ1) is 9.63. The highest BCUT2D eigenvalue weighted by Crippen LogP contribution is 2.21. The lowest BCUT2D eigenvalue weighted by Crippen LogP contribution is -2.37. The second-order valence-corrected chi connectivity index (χ2v) is 3.39. The van der Waals surface area contributed by atoms with Gasteiger partial charge in [-0.15, -0.1) is 0 Å². The van der Waals surface area contributed by atoms with Crippen LogP contribution in [0.15, 0.2) is 0 Å². The molecule has 0 aromatic heterocycles. The highest BCUT2D eigenvalue weighted by Gasteiger charge is 2.27. The van der Waals surface area contributed by atoms with E-state index in [0.29, 0.717) is 0 Å². The maximum atomic E-state index is 11.3. The van der Waals surface area contributed by atoms with Crippen molar-refractivity contribution in [2.45, 2.75) is 40.2 Å². The minimum absolute atomic E-state index is 0.148. The van der Waals surface area contributed by atoms with E-state index in [4.69, 9.17) is 5.73 Å². The van der Waals surface area contributed by atoms with Crippen LogP contribution in [0.4, 0.5) is 0 Å². The lowest BCUT2D eigenvalue weighted by Gasteiger charge is -2.22. The van der Waals surface area contributed by atoms with Gasteiger partial charge in [0.05, 0.1) is 6.04 Å². The van der Waals surface area contributed by atoms with Crippen molar-refractivity contribution in [3.63, 3.8) is 0 Å². The van der Waals surface area contributed by atoms with Gasteiger partial charge in [-0.05, 0) is 13.3 Å².